The van der Waals surface area contributed by atoms with Crippen molar-refractivity contribution in [1.29, 1.82) is 0 Å². The summed E-state index contributed by atoms with van der Waals surface area (Å²) in [5.41, 5.74) is 0.956. The summed E-state index contributed by atoms with van der Waals surface area (Å²) < 4.78 is 29.0. The Bertz CT molecular complexity index is 406. The maximum absolute atomic E-state index is 12.6. The molecule has 0 heterocycles. The zero-order chi connectivity index (χ0) is 16.1. The van der Waals surface area contributed by atoms with E-state index in [2.05, 4.69) is 13.8 Å². The second kappa shape index (κ2) is 11.8. The largest absolute Gasteiger partial charge is 0.475 e. The van der Waals surface area contributed by atoms with E-state index in [1.807, 2.05) is 30.3 Å². The van der Waals surface area contributed by atoms with Gasteiger partial charge in [0, 0.05) is 0 Å². The highest BCUT2D eigenvalue weighted by atomic mass is 31.2. The second-order valence-electron chi connectivity index (χ2n) is 5.29. The van der Waals surface area contributed by atoms with Gasteiger partial charge in [0.2, 0.25) is 0 Å². The predicted molar refractivity (Wildman–Crippen MR) is 89.8 cm³/mol. The molecule has 0 amide bonds. The summed E-state index contributed by atoms with van der Waals surface area (Å²) in [5.74, 6) is 0. The van der Waals surface area contributed by atoms with Gasteiger partial charge in [0.05, 0.1) is 19.8 Å². The minimum atomic E-state index is -3.47. The van der Waals surface area contributed by atoms with Gasteiger partial charge in [0.1, 0.15) is 0 Å². The molecule has 0 aromatic heterocycles. The van der Waals surface area contributed by atoms with E-state index in [1.165, 1.54) is 0 Å². The maximum Gasteiger partial charge on any atom is 0.475 e. The van der Waals surface area contributed by atoms with Crippen LogP contribution in [0.25, 0.3) is 0 Å². The minimum Gasteiger partial charge on any atom is -0.287 e. The fraction of sp³-hybridized carbons (Fsp3) is 0.647. The Morgan fingerprint density at radius 3 is 1.86 bits per heavy atom. The number of hydrogen-bond donors (Lipinski definition) is 0. The molecule has 0 atom stereocenters. The molecule has 1 aromatic carbocycles. The van der Waals surface area contributed by atoms with Crippen LogP contribution in [-0.4, -0.2) is 13.2 Å². The summed E-state index contributed by atoms with van der Waals surface area (Å²) in [5, 5.41) is 0. The maximum atomic E-state index is 12.6. The molecule has 5 heteroatoms. The van der Waals surface area contributed by atoms with Crippen LogP contribution >= 0.6 is 7.82 Å². The highest BCUT2D eigenvalue weighted by molar-refractivity contribution is 7.48. The number of phosphoric acid groups is 1. The fourth-order valence-corrected chi connectivity index (χ4v) is 3.13. The fourth-order valence-electron chi connectivity index (χ4n) is 1.90. The lowest BCUT2D eigenvalue weighted by Crippen LogP contribution is -2.03. The van der Waals surface area contributed by atoms with Crippen molar-refractivity contribution in [3.05, 3.63) is 35.9 Å². The van der Waals surface area contributed by atoms with Gasteiger partial charge in [-0.25, -0.2) is 4.57 Å². The second-order valence-corrected chi connectivity index (χ2v) is 6.96. The van der Waals surface area contributed by atoms with Crippen molar-refractivity contribution in [1.82, 2.24) is 0 Å². The van der Waals surface area contributed by atoms with Crippen molar-refractivity contribution in [2.45, 2.75) is 59.0 Å². The molecular formula is C17H29O4P. The number of benzene rings is 1. The van der Waals surface area contributed by atoms with Crippen LogP contribution in [0.4, 0.5) is 0 Å². The van der Waals surface area contributed by atoms with Crippen LogP contribution in [0.3, 0.4) is 0 Å². The molecular weight excluding hydrogens is 299 g/mol. The van der Waals surface area contributed by atoms with Crippen molar-refractivity contribution >= 4 is 7.82 Å². The van der Waals surface area contributed by atoms with Crippen LogP contribution in [0.15, 0.2) is 30.3 Å². The lowest BCUT2D eigenvalue weighted by Gasteiger charge is -2.18. The van der Waals surface area contributed by atoms with Crippen molar-refractivity contribution < 1.29 is 18.1 Å². The van der Waals surface area contributed by atoms with Crippen LogP contribution in [-0.2, 0) is 24.7 Å². The summed E-state index contributed by atoms with van der Waals surface area (Å²) in [4.78, 5) is 0. The monoisotopic (exact) mass is 328 g/mol. The van der Waals surface area contributed by atoms with E-state index in [0.717, 1.165) is 44.1 Å². The van der Waals surface area contributed by atoms with Gasteiger partial charge in [0.25, 0.3) is 0 Å². The third kappa shape index (κ3) is 8.70. The minimum absolute atomic E-state index is 0.236. The highest BCUT2D eigenvalue weighted by Gasteiger charge is 2.26. The lowest BCUT2D eigenvalue weighted by atomic mass is 10.2. The normalized spacial score (nSPS) is 11.7. The summed E-state index contributed by atoms with van der Waals surface area (Å²) in [6.07, 6.45) is 6.02. The van der Waals surface area contributed by atoms with Crippen LogP contribution < -0.4 is 0 Å². The zero-order valence-electron chi connectivity index (χ0n) is 13.8. The van der Waals surface area contributed by atoms with Gasteiger partial charge in [-0.3, -0.25) is 13.6 Å². The Balaban J connectivity index is 2.46. The smallest absolute Gasteiger partial charge is 0.287 e. The van der Waals surface area contributed by atoms with Gasteiger partial charge < -0.3 is 0 Å². The van der Waals surface area contributed by atoms with Crippen LogP contribution in [0, 0.1) is 0 Å². The summed E-state index contributed by atoms with van der Waals surface area (Å²) >= 11 is 0. The number of hydrogen-bond acceptors (Lipinski definition) is 4. The Hall–Kier alpha value is -0.670. The zero-order valence-corrected chi connectivity index (χ0v) is 14.7. The lowest BCUT2D eigenvalue weighted by molar-refractivity contribution is 0.105. The molecule has 4 nitrogen and oxygen atoms in total. The van der Waals surface area contributed by atoms with Crippen molar-refractivity contribution in [3.63, 3.8) is 0 Å². The molecule has 0 spiro atoms. The standard InChI is InChI=1S/C17H29O4P/c1-3-5-10-14-19-22(18,20-15-11-6-4-2)21-16-17-12-8-7-9-13-17/h7-9,12-13H,3-6,10-11,14-16H2,1-2H3. The molecule has 0 aliphatic heterocycles. The average Bonchev–Trinajstić information content (AvgIpc) is 2.55. The first kappa shape index (κ1) is 19.4. The highest BCUT2D eigenvalue weighted by Crippen LogP contribution is 2.50. The van der Waals surface area contributed by atoms with Gasteiger partial charge in [-0.2, -0.15) is 0 Å². The Labute approximate surface area is 134 Å². The molecule has 0 aliphatic carbocycles. The van der Waals surface area contributed by atoms with Crippen molar-refractivity contribution in [3.8, 4) is 0 Å². The number of unbranched alkanes of at least 4 members (excludes halogenated alkanes) is 4. The van der Waals surface area contributed by atoms with E-state index in [4.69, 9.17) is 13.6 Å². The Morgan fingerprint density at radius 1 is 0.818 bits per heavy atom. The first-order chi connectivity index (χ1) is 10.7. The van der Waals surface area contributed by atoms with Gasteiger partial charge in [-0.15, -0.1) is 0 Å². The first-order valence-corrected chi connectivity index (χ1v) is 9.74. The van der Waals surface area contributed by atoms with Gasteiger partial charge >= 0.3 is 7.82 Å². The van der Waals surface area contributed by atoms with E-state index in [-0.39, 0.29) is 6.61 Å². The Morgan fingerprint density at radius 2 is 1.36 bits per heavy atom. The van der Waals surface area contributed by atoms with Crippen molar-refractivity contribution in [2.75, 3.05) is 13.2 Å². The SMILES string of the molecule is CCCCCOP(=O)(OCCCCC)OCc1ccccc1. The Kier molecular flexibility index (Phi) is 10.4. The van der Waals surface area contributed by atoms with E-state index in [0.29, 0.717) is 13.2 Å². The third-order valence-electron chi connectivity index (χ3n) is 3.23. The quantitative estimate of drug-likeness (QED) is 0.343. The molecule has 0 N–H and O–H groups in total. The van der Waals surface area contributed by atoms with E-state index in [9.17, 15) is 4.57 Å². The molecule has 0 radical (unpaired) electrons. The molecule has 1 aromatic rings. The molecule has 0 aliphatic rings. The summed E-state index contributed by atoms with van der Waals surface area (Å²) in [6.45, 7) is 5.29. The van der Waals surface area contributed by atoms with Crippen molar-refractivity contribution in [2.24, 2.45) is 0 Å². The van der Waals surface area contributed by atoms with Gasteiger partial charge in [0.15, 0.2) is 0 Å². The molecule has 22 heavy (non-hydrogen) atoms. The molecule has 0 bridgehead atoms. The van der Waals surface area contributed by atoms with Crippen LogP contribution in [0.1, 0.15) is 57.9 Å². The molecule has 0 unspecified atom stereocenters. The number of phosphoric ester groups is 1. The van der Waals surface area contributed by atoms with Gasteiger partial charge in [-0.1, -0.05) is 69.9 Å². The van der Waals surface area contributed by atoms with E-state index < -0.39 is 7.82 Å². The van der Waals surface area contributed by atoms with Crippen LogP contribution in [0.2, 0.25) is 0 Å². The number of rotatable bonds is 13. The molecule has 0 saturated carbocycles. The van der Waals surface area contributed by atoms with Crippen LogP contribution in [0.5, 0.6) is 0 Å². The molecule has 0 saturated heterocycles. The third-order valence-corrected chi connectivity index (χ3v) is 4.67. The molecule has 1 rings (SSSR count). The summed E-state index contributed by atoms with van der Waals surface area (Å²) in [6, 6.07) is 9.64. The van der Waals surface area contributed by atoms with Gasteiger partial charge in [-0.05, 0) is 18.4 Å². The first-order valence-electron chi connectivity index (χ1n) is 8.27. The average molecular weight is 328 g/mol. The topological polar surface area (TPSA) is 44.8 Å². The molecule has 126 valence electrons. The summed E-state index contributed by atoms with van der Waals surface area (Å²) in [7, 11) is -3.47. The predicted octanol–water partition coefficient (Wildman–Crippen LogP) is 5.72. The molecule has 0 fully saturated rings. The van der Waals surface area contributed by atoms with E-state index >= 15 is 0 Å². The van der Waals surface area contributed by atoms with E-state index in [1.54, 1.807) is 0 Å².